The van der Waals surface area contributed by atoms with Crippen molar-refractivity contribution in [2.75, 3.05) is 19.7 Å². The van der Waals surface area contributed by atoms with E-state index < -0.39 is 5.60 Å². The van der Waals surface area contributed by atoms with Gasteiger partial charge in [0.25, 0.3) is 0 Å². The van der Waals surface area contributed by atoms with Crippen LogP contribution in [-0.2, 0) is 12.0 Å². The van der Waals surface area contributed by atoms with Gasteiger partial charge in [-0.3, -0.25) is 0 Å². The van der Waals surface area contributed by atoms with Crippen molar-refractivity contribution < 1.29 is 10.2 Å². The molecule has 0 saturated carbocycles. The van der Waals surface area contributed by atoms with E-state index in [2.05, 4.69) is 21.2 Å². The zero-order valence-electron chi connectivity index (χ0n) is 8.99. The minimum Gasteiger partial charge on any atom is -0.395 e. The molecule has 0 bridgehead atoms. The van der Waals surface area contributed by atoms with E-state index in [1.165, 1.54) is 5.56 Å². The second-order valence-corrected chi connectivity index (χ2v) is 5.26. The Morgan fingerprint density at radius 3 is 2.94 bits per heavy atom. The molecule has 0 fully saturated rings. The van der Waals surface area contributed by atoms with Gasteiger partial charge in [0, 0.05) is 13.1 Å². The Hall–Kier alpha value is -0.420. The van der Waals surface area contributed by atoms with E-state index in [1.54, 1.807) is 0 Å². The third-order valence-corrected chi connectivity index (χ3v) is 4.17. The highest BCUT2D eigenvalue weighted by Gasteiger charge is 2.43. The molecule has 3 N–H and O–H groups in total. The molecule has 2 unspecified atom stereocenters. The van der Waals surface area contributed by atoms with Crippen LogP contribution in [0.5, 0.6) is 0 Å². The van der Waals surface area contributed by atoms with Crippen molar-refractivity contribution in [2.45, 2.75) is 16.8 Å². The SMILES string of the molecule is OCCNCC1(O)c2ccccc2CC1Br. The molecule has 0 heterocycles. The van der Waals surface area contributed by atoms with Crippen LogP contribution in [0.1, 0.15) is 11.1 Å². The van der Waals surface area contributed by atoms with Crippen LogP contribution in [-0.4, -0.2) is 34.7 Å². The van der Waals surface area contributed by atoms with E-state index >= 15 is 0 Å². The fraction of sp³-hybridized carbons (Fsp3) is 0.500. The minimum atomic E-state index is -0.869. The summed E-state index contributed by atoms with van der Waals surface area (Å²) in [5.41, 5.74) is 1.31. The van der Waals surface area contributed by atoms with Gasteiger partial charge in [0.2, 0.25) is 0 Å². The van der Waals surface area contributed by atoms with E-state index in [-0.39, 0.29) is 11.4 Å². The van der Waals surface area contributed by atoms with Crippen molar-refractivity contribution in [3.8, 4) is 0 Å². The van der Waals surface area contributed by atoms with Gasteiger partial charge >= 0.3 is 0 Å². The number of benzene rings is 1. The fourth-order valence-electron chi connectivity index (χ4n) is 2.22. The van der Waals surface area contributed by atoms with E-state index in [0.29, 0.717) is 13.1 Å². The maximum Gasteiger partial charge on any atom is 0.115 e. The average Bonchev–Trinajstić information content (AvgIpc) is 2.53. The molecule has 2 atom stereocenters. The zero-order valence-corrected chi connectivity index (χ0v) is 10.6. The molecule has 1 aromatic rings. The summed E-state index contributed by atoms with van der Waals surface area (Å²) in [4.78, 5) is 0.0311. The van der Waals surface area contributed by atoms with Gasteiger partial charge in [-0.2, -0.15) is 0 Å². The molecule has 0 saturated heterocycles. The third-order valence-electron chi connectivity index (χ3n) is 3.08. The number of fused-ring (bicyclic) bond motifs is 1. The van der Waals surface area contributed by atoms with Crippen molar-refractivity contribution in [3.05, 3.63) is 35.4 Å². The summed E-state index contributed by atoms with van der Waals surface area (Å²) in [5, 5.41) is 22.4. The van der Waals surface area contributed by atoms with Crippen LogP contribution in [0.4, 0.5) is 0 Å². The number of aliphatic hydroxyl groups is 2. The first-order valence-electron chi connectivity index (χ1n) is 5.45. The summed E-state index contributed by atoms with van der Waals surface area (Å²) in [6.45, 7) is 1.05. The van der Waals surface area contributed by atoms with Gasteiger partial charge < -0.3 is 15.5 Å². The molecule has 0 radical (unpaired) electrons. The number of nitrogens with one attached hydrogen (secondary N) is 1. The first kappa shape index (κ1) is 12.0. The summed E-state index contributed by atoms with van der Waals surface area (Å²) in [7, 11) is 0. The van der Waals surface area contributed by atoms with Crippen LogP contribution in [0.3, 0.4) is 0 Å². The van der Waals surface area contributed by atoms with E-state index in [9.17, 15) is 5.11 Å². The Morgan fingerprint density at radius 2 is 2.19 bits per heavy atom. The Kier molecular flexibility index (Phi) is 3.64. The molecule has 0 aromatic heterocycles. The second kappa shape index (κ2) is 4.84. The molecule has 2 rings (SSSR count). The number of hydrogen-bond donors (Lipinski definition) is 3. The Bertz CT molecular complexity index is 372. The Labute approximate surface area is 104 Å². The normalized spacial score (nSPS) is 28.1. The van der Waals surface area contributed by atoms with Crippen molar-refractivity contribution in [2.24, 2.45) is 0 Å². The van der Waals surface area contributed by atoms with Gasteiger partial charge in [0.1, 0.15) is 5.60 Å². The largest absolute Gasteiger partial charge is 0.395 e. The number of hydrogen-bond acceptors (Lipinski definition) is 3. The molecule has 1 aromatic carbocycles. The molecule has 0 spiro atoms. The standard InChI is InChI=1S/C12H16BrNO2/c13-11-7-9-3-1-2-4-10(9)12(11,16)8-14-5-6-15/h1-4,11,14-16H,5-8H2. The predicted octanol–water partition coefficient (Wildman–Crippen LogP) is 0.776. The third kappa shape index (κ3) is 2.02. The van der Waals surface area contributed by atoms with Crippen molar-refractivity contribution >= 4 is 15.9 Å². The lowest BCUT2D eigenvalue weighted by Gasteiger charge is -2.28. The topological polar surface area (TPSA) is 52.5 Å². The van der Waals surface area contributed by atoms with Gasteiger partial charge in [-0.15, -0.1) is 0 Å². The van der Waals surface area contributed by atoms with Gasteiger partial charge in [-0.05, 0) is 17.5 Å². The van der Waals surface area contributed by atoms with E-state index in [0.717, 1.165) is 12.0 Å². The highest BCUT2D eigenvalue weighted by molar-refractivity contribution is 9.09. The van der Waals surface area contributed by atoms with Gasteiger partial charge in [0.15, 0.2) is 0 Å². The highest BCUT2D eigenvalue weighted by Crippen LogP contribution is 2.40. The van der Waals surface area contributed by atoms with Crippen LogP contribution < -0.4 is 5.32 Å². The molecule has 0 aliphatic heterocycles. The molecule has 1 aliphatic carbocycles. The highest BCUT2D eigenvalue weighted by atomic mass is 79.9. The van der Waals surface area contributed by atoms with Crippen LogP contribution in [0.15, 0.2) is 24.3 Å². The molecule has 0 amide bonds. The summed E-state index contributed by atoms with van der Waals surface area (Å²) >= 11 is 3.54. The number of alkyl halides is 1. The maximum atomic E-state index is 10.6. The molecule has 88 valence electrons. The molecular weight excluding hydrogens is 270 g/mol. The molecule has 16 heavy (non-hydrogen) atoms. The monoisotopic (exact) mass is 285 g/mol. The van der Waals surface area contributed by atoms with Crippen molar-refractivity contribution in [3.63, 3.8) is 0 Å². The Morgan fingerprint density at radius 1 is 1.44 bits per heavy atom. The molecule has 3 nitrogen and oxygen atoms in total. The van der Waals surface area contributed by atoms with Gasteiger partial charge in [-0.1, -0.05) is 40.2 Å². The number of aliphatic hydroxyl groups excluding tert-OH is 1. The minimum absolute atomic E-state index is 0.0311. The van der Waals surface area contributed by atoms with Crippen LogP contribution in [0.2, 0.25) is 0 Å². The van der Waals surface area contributed by atoms with E-state index in [4.69, 9.17) is 5.11 Å². The van der Waals surface area contributed by atoms with E-state index in [1.807, 2.05) is 24.3 Å². The Balaban J connectivity index is 2.19. The summed E-state index contributed by atoms with van der Waals surface area (Å²) < 4.78 is 0. The van der Waals surface area contributed by atoms with Crippen LogP contribution in [0, 0.1) is 0 Å². The van der Waals surface area contributed by atoms with Crippen molar-refractivity contribution in [1.29, 1.82) is 0 Å². The van der Waals surface area contributed by atoms with Gasteiger partial charge in [0.05, 0.1) is 11.4 Å². The maximum absolute atomic E-state index is 10.6. The fourth-order valence-corrected chi connectivity index (χ4v) is 2.97. The predicted molar refractivity (Wildman–Crippen MR) is 66.7 cm³/mol. The lowest BCUT2D eigenvalue weighted by atomic mass is 9.96. The van der Waals surface area contributed by atoms with Crippen molar-refractivity contribution in [1.82, 2.24) is 5.32 Å². The first-order valence-corrected chi connectivity index (χ1v) is 6.36. The van der Waals surface area contributed by atoms with Gasteiger partial charge in [-0.25, -0.2) is 0 Å². The smallest absolute Gasteiger partial charge is 0.115 e. The van der Waals surface area contributed by atoms with Crippen LogP contribution in [0.25, 0.3) is 0 Å². The summed E-state index contributed by atoms with van der Waals surface area (Å²) in [5.74, 6) is 0. The average molecular weight is 286 g/mol. The summed E-state index contributed by atoms with van der Waals surface area (Å²) in [6.07, 6.45) is 0.841. The number of rotatable bonds is 4. The quantitative estimate of drug-likeness (QED) is 0.566. The molecular formula is C12H16BrNO2. The van der Waals surface area contributed by atoms with Crippen LogP contribution >= 0.6 is 15.9 Å². The molecule has 1 aliphatic rings. The summed E-state index contributed by atoms with van der Waals surface area (Å²) in [6, 6.07) is 7.96. The second-order valence-electron chi connectivity index (χ2n) is 4.15. The first-order chi connectivity index (χ1) is 7.68. The lowest BCUT2D eigenvalue weighted by molar-refractivity contribution is 0.0455. The number of halogens is 1. The lowest BCUT2D eigenvalue weighted by Crippen LogP contribution is -2.43. The molecule has 4 heteroatoms. The zero-order chi connectivity index (χ0) is 11.6.